The number of imide groups is 1. The van der Waals surface area contributed by atoms with Gasteiger partial charge in [-0.1, -0.05) is 12.1 Å². The van der Waals surface area contributed by atoms with Crippen molar-refractivity contribution in [1.82, 2.24) is 10.2 Å². The maximum atomic E-state index is 12.7. The quantitative estimate of drug-likeness (QED) is 0.353. The van der Waals surface area contributed by atoms with Crippen molar-refractivity contribution in [3.8, 4) is 5.75 Å². The average molecular weight is 469 g/mol. The molecule has 0 radical (unpaired) electrons. The number of nitrogens with one attached hydrogen (secondary N) is 1. The number of aliphatic hydroxyl groups is 1. The summed E-state index contributed by atoms with van der Waals surface area (Å²) in [5.74, 6) is 0.296. The van der Waals surface area contributed by atoms with E-state index in [1.807, 2.05) is 18.2 Å². The monoisotopic (exact) mass is 468 g/mol. The van der Waals surface area contributed by atoms with Gasteiger partial charge in [0.2, 0.25) is 0 Å². The number of urea groups is 1. The summed E-state index contributed by atoms with van der Waals surface area (Å²) in [6.45, 7) is 5.20. The lowest BCUT2D eigenvalue weighted by atomic mass is 9.98. The first-order chi connectivity index (χ1) is 14.9. The minimum absolute atomic E-state index is 0.00960. The summed E-state index contributed by atoms with van der Waals surface area (Å²) in [6.07, 6.45) is 1.91. The molecule has 2 N–H and O–H groups in total. The van der Waals surface area contributed by atoms with E-state index < -0.39 is 32.9 Å². The first kappa shape index (κ1) is 24.5. The number of carbonyl (C=O) groups excluding carboxylic acids is 2. The van der Waals surface area contributed by atoms with Crippen LogP contribution in [0.25, 0.3) is 0 Å². The Labute approximate surface area is 189 Å². The highest BCUT2D eigenvalue weighted by Crippen LogP contribution is 2.50. The summed E-state index contributed by atoms with van der Waals surface area (Å²) in [5, 5.41) is 12.0. The standard InChI is InChI=1S/C22H32N2O7S/c1-16-19(25)23-20(26)24(16)15-30-10-5-11-32(28,29)14-22(8-9-22)17-6-4-7-18(12-17)31-13-21(2,3)27/h4,6-7,12,16,27H,5,8-11,13-15H2,1-3H3,(H,23,25,26)/t16-/m0/s1. The molecule has 178 valence electrons. The van der Waals surface area contributed by atoms with E-state index in [1.54, 1.807) is 26.8 Å². The summed E-state index contributed by atoms with van der Waals surface area (Å²) >= 11 is 0. The van der Waals surface area contributed by atoms with E-state index in [0.717, 1.165) is 18.4 Å². The van der Waals surface area contributed by atoms with Gasteiger partial charge in [0.15, 0.2) is 9.84 Å². The Morgan fingerprint density at radius 3 is 2.59 bits per heavy atom. The molecule has 1 saturated carbocycles. The Morgan fingerprint density at radius 1 is 1.28 bits per heavy atom. The van der Waals surface area contributed by atoms with Crippen LogP contribution in [0.1, 0.15) is 45.6 Å². The molecule has 0 unspecified atom stereocenters. The zero-order valence-electron chi connectivity index (χ0n) is 18.8. The first-order valence-corrected chi connectivity index (χ1v) is 12.6. The predicted octanol–water partition coefficient (Wildman–Crippen LogP) is 1.59. The number of carbonyl (C=O) groups is 2. The van der Waals surface area contributed by atoms with E-state index >= 15 is 0 Å². The van der Waals surface area contributed by atoms with E-state index in [1.165, 1.54) is 4.90 Å². The van der Waals surface area contributed by atoms with Crippen molar-refractivity contribution in [2.75, 3.05) is 31.5 Å². The van der Waals surface area contributed by atoms with Gasteiger partial charge < -0.3 is 14.6 Å². The van der Waals surface area contributed by atoms with E-state index in [0.29, 0.717) is 12.2 Å². The number of hydrogen-bond acceptors (Lipinski definition) is 7. The SMILES string of the molecule is C[C@H]1C(=O)NC(=O)N1COCCCS(=O)(=O)CC1(c2cccc(OCC(C)(C)O)c2)CC1. The number of amides is 3. The van der Waals surface area contributed by atoms with Gasteiger partial charge in [-0.2, -0.15) is 0 Å². The number of sulfone groups is 1. The van der Waals surface area contributed by atoms with Crippen LogP contribution in [0, 0.1) is 0 Å². The minimum atomic E-state index is -3.31. The fourth-order valence-corrected chi connectivity index (χ4v) is 5.65. The number of rotatable bonds is 12. The van der Waals surface area contributed by atoms with Crippen molar-refractivity contribution in [1.29, 1.82) is 0 Å². The van der Waals surface area contributed by atoms with Crippen LogP contribution in [0.15, 0.2) is 24.3 Å². The zero-order chi connectivity index (χ0) is 23.6. The third-order valence-electron chi connectivity index (χ3n) is 5.70. The maximum Gasteiger partial charge on any atom is 0.326 e. The van der Waals surface area contributed by atoms with Gasteiger partial charge in [0.05, 0.1) is 17.1 Å². The molecule has 3 amide bonds. The summed E-state index contributed by atoms with van der Waals surface area (Å²) in [7, 11) is -3.31. The molecule has 1 aliphatic heterocycles. The van der Waals surface area contributed by atoms with Crippen molar-refractivity contribution in [2.45, 2.75) is 57.1 Å². The van der Waals surface area contributed by atoms with Crippen molar-refractivity contribution in [3.05, 3.63) is 29.8 Å². The molecule has 1 aromatic rings. The van der Waals surface area contributed by atoms with E-state index in [4.69, 9.17) is 9.47 Å². The van der Waals surface area contributed by atoms with Crippen LogP contribution in [0.2, 0.25) is 0 Å². The van der Waals surface area contributed by atoms with Crippen LogP contribution in [0.5, 0.6) is 5.75 Å². The summed E-state index contributed by atoms with van der Waals surface area (Å²) in [6, 6.07) is 6.33. The second-order valence-corrected chi connectivity index (χ2v) is 11.5. The van der Waals surface area contributed by atoms with Gasteiger partial charge in [-0.3, -0.25) is 15.0 Å². The lowest BCUT2D eigenvalue weighted by Crippen LogP contribution is -2.35. The van der Waals surface area contributed by atoms with Gasteiger partial charge in [-0.05, 0) is 57.7 Å². The molecule has 1 saturated heterocycles. The van der Waals surface area contributed by atoms with Crippen LogP contribution in [-0.2, 0) is 24.8 Å². The average Bonchev–Trinajstić information content (AvgIpc) is 3.43. The molecule has 10 heteroatoms. The number of hydrogen-bond donors (Lipinski definition) is 2. The lowest BCUT2D eigenvalue weighted by molar-refractivity contribution is -0.121. The maximum absolute atomic E-state index is 12.7. The summed E-state index contributed by atoms with van der Waals surface area (Å²) in [4.78, 5) is 24.3. The Hall–Kier alpha value is -2.17. The van der Waals surface area contributed by atoms with Gasteiger partial charge in [0.1, 0.15) is 25.1 Å². The van der Waals surface area contributed by atoms with Gasteiger partial charge >= 0.3 is 6.03 Å². The van der Waals surface area contributed by atoms with Gasteiger partial charge in [0.25, 0.3) is 5.91 Å². The minimum Gasteiger partial charge on any atom is -0.491 e. The van der Waals surface area contributed by atoms with Gasteiger partial charge in [-0.25, -0.2) is 13.2 Å². The molecule has 1 heterocycles. The molecule has 9 nitrogen and oxygen atoms in total. The van der Waals surface area contributed by atoms with Crippen molar-refractivity contribution in [3.63, 3.8) is 0 Å². The topological polar surface area (TPSA) is 122 Å². The second-order valence-electron chi connectivity index (χ2n) is 9.33. The van der Waals surface area contributed by atoms with E-state index in [-0.39, 0.29) is 37.4 Å². The number of ether oxygens (including phenoxy) is 2. The molecule has 2 fully saturated rings. The van der Waals surface area contributed by atoms with Crippen LogP contribution >= 0.6 is 0 Å². The van der Waals surface area contributed by atoms with Crippen LogP contribution < -0.4 is 10.1 Å². The molecule has 0 aromatic heterocycles. The third kappa shape index (κ3) is 6.43. The number of benzene rings is 1. The van der Waals surface area contributed by atoms with Gasteiger partial charge in [0, 0.05) is 12.0 Å². The molecule has 1 aromatic carbocycles. The summed E-state index contributed by atoms with van der Waals surface area (Å²) in [5.41, 5.74) is -0.411. The smallest absolute Gasteiger partial charge is 0.326 e. The highest BCUT2D eigenvalue weighted by molar-refractivity contribution is 7.91. The predicted molar refractivity (Wildman–Crippen MR) is 118 cm³/mol. The van der Waals surface area contributed by atoms with Crippen LogP contribution in [0.4, 0.5) is 4.79 Å². The van der Waals surface area contributed by atoms with Crippen molar-refractivity contribution >= 4 is 21.8 Å². The normalized spacial score (nSPS) is 20.4. The fraction of sp³-hybridized carbons (Fsp3) is 0.636. The van der Waals surface area contributed by atoms with Crippen LogP contribution in [-0.4, -0.2) is 73.5 Å². The summed E-state index contributed by atoms with van der Waals surface area (Å²) < 4.78 is 36.5. The number of nitrogens with zero attached hydrogens (tertiary/aromatic N) is 1. The first-order valence-electron chi connectivity index (χ1n) is 10.8. The molecule has 3 rings (SSSR count). The van der Waals surface area contributed by atoms with Crippen molar-refractivity contribution < 1.29 is 32.6 Å². The third-order valence-corrected chi connectivity index (χ3v) is 7.60. The molecular weight excluding hydrogens is 436 g/mol. The molecule has 1 aliphatic carbocycles. The largest absolute Gasteiger partial charge is 0.491 e. The Kier molecular flexibility index (Phi) is 7.16. The Morgan fingerprint density at radius 2 is 2.00 bits per heavy atom. The Balaban J connectivity index is 1.47. The fourth-order valence-electron chi connectivity index (χ4n) is 3.65. The van der Waals surface area contributed by atoms with E-state index in [9.17, 15) is 23.1 Å². The van der Waals surface area contributed by atoms with Gasteiger partial charge in [-0.15, -0.1) is 0 Å². The molecule has 2 aliphatic rings. The zero-order valence-corrected chi connectivity index (χ0v) is 19.6. The molecule has 1 atom stereocenters. The molecule has 32 heavy (non-hydrogen) atoms. The highest BCUT2D eigenvalue weighted by Gasteiger charge is 2.47. The molecular formula is C22H32N2O7S. The Bertz CT molecular complexity index is 951. The molecule has 0 spiro atoms. The van der Waals surface area contributed by atoms with Crippen LogP contribution in [0.3, 0.4) is 0 Å². The van der Waals surface area contributed by atoms with E-state index in [2.05, 4.69) is 5.32 Å². The highest BCUT2D eigenvalue weighted by atomic mass is 32.2. The van der Waals surface area contributed by atoms with Crippen molar-refractivity contribution in [2.24, 2.45) is 0 Å². The molecule has 0 bridgehead atoms. The second kappa shape index (κ2) is 9.36. The lowest BCUT2D eigenvalue weighted by Gasteiger charge is -2.20.